The highest BCUT2D eigenvalue weighted by Crippen LogP contribution is 2.33. The van der Waals surface area contributed by atoms with E-state index in [1.54, 1.807) is 28.1 Å². The van der Waals surface area contributed by atoms with Crippen molar-refractivity contribution in [2.75, 3.05) is 5.75 Å². The van der Waals surface area contributed by atoms with Crippen LogP contribution >= 0.6 is 23.5 Å². The van der Waals surface area contributed by atoms with Gasteiger partial charge >= 0.3 is 0 Å². The zero-order chi connectivity index (χ0) is 12.4. The summed E-state index contributed by atoms with van der Waals surface area (Å²) in [6.45, 7) is 4.32. The van der Waals surface area contributed by atoms with Crippen molar-refractivity contribution in [2.24, 2.45) is 7.05 Å². The lowest BCUT2D eigenvalue weighted by molar-refractivity contribution is 0.664. The molecule has 0 aromatic carbocycles. The van der Waals surface area contributed by atoms with Crippen LogP contribution in [-0.2, 0) is 13.5 Å². The maximum absolute atomic E-state index is 12.1. The molecule has 0 spiro atoms. The van der Waals surface area contributed by atoms with Gasteiger partial charge in [-0.2, -0.15) is 0 Å². The number of thioether (sulfide) groups is 2. The first-order chi connectivity index (χ1) is 8.13. The van der Waals surface area contributed by atoms with E-state index < -0.39 is 0 Å². The first-order valence-corrected chi connectivity index (χ1v) is 7.89. The highest BCUT2D eigenvalue weighted by molar-refractivity contribution is 8.00. The monoisotopic (exact) mass is 270 g/mol. The van der Waals surface area contributed by atoms with Gasteiger partial charge in [0.25, 0.3) is 5.56 Å². The van der Waals surface area contributed by atoms with E-state index in [0.717, 1.165) is 27.9 Å². The average molecular weight is 270 g/mol. The molecule has 0 N–H and O–H groups in total. The van der Waals surface area contributed by atoms with E-state index in [4.69, 9.17) is 0 Å². The average Bonchev–Trinajstić information content (AvgIpc) is 2.66. The van der Waals surface area contributed by atoms with E-state index in [9.17, 15) is 4.79 Å². The summed E-state index contributed by atoms with van der Waals surface area (Å²) in [4.78, 5) is 17.7. The van der Waals surface area contributed by atoms with E-state index in [-0.39, 0.29) is 5.56 Å². The summed E-state index contributed by atoms with van der Waals surface area (Å²) in [7, 11) is 1.83. The van der Waals surface area contributed by atoms with Gasteiger partial charge in [-0.3, -0.25) is 9.36 Å². The topological polar surface area (TPSA) is 34.9 Å². The maximum Gasteiger partial charge on any atom is 0.267 e. The fraction of sp³-hybridized carbons (Fsp3) is 0.667. The van der Waals surface area contributed by atoms with Gasteiger partial charge in [-0.1, -0.05) is 32.0 Å². The fourth-order valence-electron chi connectivity index (χ4n) is 1.81. The predicted molar refractivity (Wildman–Crippen MR) is 74.1 cm³/mol. The second-order valence-electron chi connectivity index (χ2n) is 4.37. The molecule has 2 rings (SSSR count). The molecule has 0 saturated carbocycles. The van der Waals surface area contributed by atoms with Gasteiger partial charge in [0.15, 0.2) is 5.16 Å². The molecule has 0 fully saturated rings. The molecule has 17 heavy (non-hydrogen) atoms. The zero-order valence-corrected chi connectivity index (χ0v) is 12.2. The zero-order valence-electron chi connectivity index (χ0n) is 10.5. The van der Waals surface area contributed by atoms with Crippen molar-refractivity contribution in [3.63, 3.8) is 0 Å². The number of nitrogens with zero attached hydrogens (tertiary/aromatic N) is 2. The minimum atomic E-state index is 0.128. The molecule has 0 amide bonds. The second-order valence-corrected chi connectivity index (χ2v) is 6.88. The van der Waals surface area contributed by atoms with Crippen LogP contribution in [0.1, 0.15) is 32.4 Å². The quantitative estimate of drug-likeness (QED) is 0.479. The van der Waals surface area contributed by atoms with Crippen molar-refractivity contribution in [1.29, 1.82) is 0 Å². The summed E-state index contributed by atoms with van der Waals surface area (Å²) in [6, 6.07) is 0. The van der Waals surface area contributed by atoms with Crippen LogP contribution in [0.4, 0.5) is 0 Å². The lowest BCUT2D eigenvalue weighted by atomic mass is 10.2. The molecular weight excluding hydrogens is 252 g/mol. The second kappa shape index (κ2) is 5.48. The molecule has 0 unspecified atom stereocenters. The molecule has 94 valence electrons. The summed E-state index contributed by atoms with van der Waals surface area (Å²) >= 11 is 3.36. The molecule has 0 aliphatic carbocycles. The van der Waals surface area contributed by atoms with Crippen molar-refractivity contribution < 1.29 is 0 Å². The van der Waals surface area contributed by atoms with Crippen LogP contribution in [-0.4, -0.2) is 20.6 Å². The lowest BCUT2D eigenvalue weighted by Crippen LogP contribution is -2.22. The van der Waals surface area contributed by atoms with E-state index in [1.165, 1.54) is 12.8 Å². The van der Waals surface area contributed by atoms with Crippen LogP contribution in [0.5, 0.6) is 0 Å². The minimum Gasteiger partial charge on any atom is -0.290 e. The van der Waals surface area contributed by atoms with Crippen LogP contribution in [0.2, 0.25) is 0 Å². The SMILES string of the molecule is CCCCSc1nc2c(c(=O)n1C)S[C@@H](C)C2. The van der Waals surface area contributed by atoms with Crippen molar-refractivity contribution in [3.05, 3.63) is 16.0 Å². The third-order valence-electron chi connectivity index (χ3n) is 2.81. The summed E-state index contributed by atoms with van der Waals surface area (Å²) in [6.07, 6.45) is 3.28. The first-order valence-electron chi connectivity index (χ1n) is 6.02. The Morgan fingerprint density at radius 2 is 2.35 bits per heavy atom. The third kappa shape index (κ3) is 2.71. The van der Waals surface area contributed by atoms with Crippen LogP contribution in [0, 0.1) is 0 Å². The molecule has 1 aromatic rings. The van der Waals surface area contributed by atoms with Crippen molar-refractivity contribution >= 4 is 23.5 Å². The molecule has 3 nitrogen and oxygen atoms in total. The minimum absolute atomic E-state index is 0.128. The van der Waals surface area contributed by atoms with Gasteiger partial charge in [-0.05, 0) is 6.42 Å². The van der Waals surface area contributed by atoms with Gasteiger partial charge in [-0.25, -0.2) is 4.98 Å². The largest absolute Gasteiger partial charge is 0.290 e. The van der Waals surface area contributed by atoms with E-state index in [2.05, 4.69) is 18.8 Å². The van der Waals surface area contributed by atoms with Crippen LogP contribution in [0.3, 0.4) is 0 Å². The molecule has 1 aliphatic rings. The highest BCUT2D eigenvalue weighted by atomic mass is 32.2. The summed E-state index contributed by atoms with van der Waals surface area (Å²) < 4.78 is 1.70. The maximum atomic E-state index is 12.1. The number of unbranched alkanes of at least 4 members (excludes halogenated alkanes) is 1. The van der Waals surface area contributed by atoms with E-state index in [0.29, 0.717) is 5.25 Å². The van der Waals surface area contributed by atoms with Crippen LogP contribution in [0.15, 0.2) is 14.8 Å². The Morgan fingerprint density at radius 1 is 1.59 bits per heavy atom. The Kier molecular flexibility index (Phi) is 4.20. The normalized spacial score (nSPS) is 18.4. The third-order valence-corrected chi connectivity index (χ3v) is 5.14. The van der Waals surface area contributed by atoms with Crippen molar-refractivity contribution in [2.45, 2.75) is 48.4 Å². The molecule has 0 saturated heterocycles. The molecule has 0 bridgehead atoms. The molecule has 0 radical (unpaired) electrons. The fourth-order valence-corrected chi connectivity index (χ4v) is 4.03. The number of fused-ring (bicyclic) bond motifs is 1. The first kappa shape index (κ1) is 13.0. The number of hydrogen-bond acceptors (Lipinski definition) is 4. The number of rotatable bonds is 4. The van der Waals surface area contributed by atoms with Gasteiger partial charge < -0.3 is 0 Å². The van der Waals surface area contributed by atoms with Gasteiger partial charge in [0.1, 0.15) is 0 Å². The Bertz CT molecular complexity index is 470. The lowest BCUT2D eigenvalue weighted by Gasteiger charge is -2.08. The smallest absolute Gasteiger partial charge is 0.267 e. The summed E-state index contributed by atoms with van der Waals surface area (Å²) in [5.41, 5.74) is 1.13. The molecule has 1 aliphatic heterocycles. The van der Waals surface area contributed by atoms with Crippen LogP contribution < -0.4 is 5.56 Å². The Labute approximate surface area is 110 Å². The standard InChI is InChI=1S/C12H18N2OS2/c1-4-5-6-16-12-13-9-7-8(2)17-10(9)11(15)14(12)3/h8H,4-7H2,1-3H3/t8-/m0/s1. The number of aromatic nitrogens is 2. The van der Waals surface area contributed by atoms with Gasteiger partial charge in [0.2, 0.25) is 0 Å². The molecule has 1 atom stereocenters. The van der Waals surface area contributed by atoms with Gasteiger partial charge in [-0.15, -0.1) is 11.8 Å². The summed E-state index contributed by atoms with van der Waals surface area (Å²) in [5, 5.41) is 1.36. The predicted octanol–water partition coefficient (Wildman–Crippen LogP) is 2.71. The molecule has 2 heterocycles. The summed E-state index contributed by atoms with van der Waals surface area (Å²) in [5.74, 6) is 1.04. The van der Waals surface area contributed by atoms with Crippen molar-refractivity contribution in [3.8, 4) is 0 Å². The highest BCUT2D eigenvalue weighted by Gasteiger charge is 2.25. The molecular formula is C12H18N2OS2. The Morgan fingerprint density at radius 3 is 3.06 bits per heavy atom. The Balaban J connectivity index is 2.27. The molecule has 5 heteroatoms. The Hall–Kier alpha value is -0.420. The number of hydrogen-bond donors (Lipinski definition) is 0. The van der Waals surface area contributed by atoms with E-state index in [1.807, 2.05) is 7.05 Å². The molecule has 1 aromatic heterocycles. The van der Waals surface area contributed by atoms with Gasteiger partial charge in [0.05, 0.1) is 10.6 Å². The van der Waals surface area contributed by atoms with Crippen LogP contribution in [0.25, 0.3) is 0 Å². The van der Waals surface area contributed by atoms with Crippen molar-refractivity contribution in [1.82, 2.24) is 9.55 Å². The van der Waals surface area contributed by atoms with Gasteiger partial charge in [0, 0.05) is 24.5 Å². The van der Waals surface area contributed by atoms with E-state index >= 15 is 0 Å².